The predicted molar refractivity (Wildman–Crippen MR) is 125 cm³/mol. The Morgan fingerprint density at radius 1 is 0.900 bits per heavy atom. The van der Waals surface area contributed by atoms with Crippen LogP contribution < -0.4 is 10.1 Å². The fourth-order valence-electron chi connectivity index (χ4n) is 3.03. The molecule has 0 heterocycles. The third-order valence-corrected chi connectivity index (χ3v) is 5.84. The number of carbonyl (C=O) groups excluding carboxylic acids is 1. The van der Waals surface area contributed by atoms with Crippen molar-refractivity contribution in [3.63, 3.8) is 0 Å². The molecule has 0 aliphatic heterocycles. The van der Waals surface area contributed by atoms with Crippen LogP contribution in [0.4, 0.5) is 0 Å². The highest BCUT2D eigenvalue weighted by molar-refractivity contribution is 7.98. The average molecular weight is 420 g/mol. The molecule has 30 heavy (non-hydrogen) atoms. The summed E-state index contributed by atoms with van der Waals surface area (Å²) in [6, 6.07) is 24.5. The Hall–Kier alpha value is -2.72. The van der Waals surface area contributed by atoms with Crippen LogP contribution in [0.15, 0.2) is 77.7 Å². The van der Waals surface area contributed by atoms with E-state index in [2.05, 4.69) is 55.6 Å². The van der Waals surface area contributed by atoms with Gasteiger partial charge in [0.05, 0.1) is 6.54 Å². The Kier molecular flexibility index (Phi) is 8.40. The van der Waals surface area contributed by atoms with Gasteiger partial charge in [0.25, 0.3) is 5.91 Å². The zero-order valence-electron chi connectivity index (χ0n) is 17.7. The Morgan fingerprint density at radius 2 is 1.57 bits per heavy atom. The number of thioether (sulfide) groups is 1. The largest absolute Gasteiger partial charge is 0.492 e. The number of nitrogens with one attached hydrogen (secondary N) is 1. The summed E-state index contributed by atoms with van der Waals surface area (Å²) >= 11 is 1.80. The highest BCUT2D eigenvalue weighted by Gasteiger charge is 2.05. The lowest BCUT2D eigenvalue weighted by Crippen LogP contribution is -2.28. The van der Waals surface area contributed by atoms with E-state index >= 15 is 0 Å². The number of amides is 1. The third kappa shape index (κ3) is 6.96. The molecule has 0 aliphatic carbocycles. The molecule has 0 unspecified atom stereocenters. The van der Waals surface area contributed by atoms with Crippen molar-refractivity contribution in [2.24, 2.45) is 0 Å². The number of carbonyl (C=O) groups is 1. The molecule has 0 saturated heterocycles. The van der Waals surface area contributed by atoms with Gasteiger partial charge in [-0.1, -0.05) is 55.3 Å². The first-order chi connectivity index (χ1) is 14.6. The van der Waals surface area contributed by atoms with Crippen molar-refractivity contribution >= 4 is 17.7 Å². The molecule has 1 amide bonds. The molecule has 0 aliphatic rings. The fraction of sp³-hybridized carbons (Fsp3) is 0.269. The molecule has 3 rings (SSSR count). The molecule has 0 spiro atoms. The number of hydrogen-bond donors (Lipinski definition) is 1. The van der Waals surface area contributed by atoms with E-state index in [1.807, 2.05) is 36.4 Å². The standard InChI is InChI=1S/C26H29NO2S/c1-3-4-21-9-13-24(14-10-21)29-18-17-27-26(28)23-11-7-22(8-12-23)19-30-25-15-5-20(2)6-16-25/h5-16H,3-4,17-19H2,1-2H3,(H,27,28). The molecule has 3 nitrogen and oxygen atoms in total. The van der Waals surface area contributed by atoms with Crippen molar-refractivity contribution in [3.05, 3.63) is 95.1 Å². The Morgan fingerprint density at radius 3 is 2.23 bits per heavy atom. The first kappa shape index (κ1) is 22.0. The summed E-state index contributed by atoms with van der Waals surface area (Å²) in [6.07, 6.45) is 2.22. The van der Waals surface area contributed by atoms with E-state index in [0.29, 0.717) is 18.7 Å². The highest BCUT2D eigenvalue weighted by atomic mass is 32.2. The van der Waals surface area contributed by atoms with Crippen LogP contribution in [0.1, 0.15) is 40.4 Å². The van der Waals surface area contributed by atoms with Gasteiger partial charge in [0, 0.05) is 16.2 Å². The smallest absolute Gasteiger partial charge is 0.251 e. The average Bonchev–Trinajstić information content (AvgIpc) is 2.78. The van der Waals surface area contributed by atoms with Gasteiger partial charge in [-0.25, -0.2) is 0 Å². The summed E-state index contributed by atoms with van der Waals surface area (Å²) in [7, 11) is 0. The molecule has 4 heteroatoms. The van der Waals surface area contributed by atoms with Crippen molar-refractivity contribution in [1.29, 1.82) is 0 Å². The van der Waals surface area contributed by atoms with Crippen LogP contribution in [-0.2, 0) is 12.2 Å². The van der Waals surface area contributed by atoms with Gasteiger partial charge < -0.3 is 10.1 Å². The minimum atomic E-state index is -0.0744. The minimum Gasteiger partial charge on any atom is -0.492 e. The van der Waals surface area contributed by atoms with Gasteiger partial charge >= 0.3 is 0 Å². The summed E-state index contributed by atoms with van der Waals surface area (Å²) in [5.41, 5.74) is 4.46. The van der Waals surface area contributed by atoms with E-state index in [9.17, 15) is 4.79 Å². The van der Waals surface area contributed by atoms with Crippen molar-refractivity contribution in [2.75, 3.05) is 13.2 Å². The second kappa shape index (κ2) is 11.5. The summed E-state index contributed by atoms with van der Waals surface area (Å²) in [6.45, 7) is 5.19. The Labute approximate surface area is 183 Å². The molecule has 3 aromatic carbocycles. The Bertz CT molecular complexity index is 919. The summed E-state index contributed by atoms with van der Waals surface area (Å²) < 4.78 is 5.71. The zero-order valence-corrected chi connectivity index (χ0v) is 18.5. The molecule has 0 saturated carbocycles. The molecule has 0 fully saturated rings. The van der Waals surface area contributed by atoms with Crippen LogP contribution in [-0.4, -0.2) is 19.1 Å². The topological polar surface area (TPSA) is 38.3 Å². The number of benzene rings is 3. The van der Waals surface area contributed by atoms with Gasteiger partial charge in [-0.2, -0.15) is 0 Å². The van der Waals surface area contributed by atoms with Gasteiger partial charge in [0.2, 0.25) is 0 Å². The van der Waals surface area contributed by atoms with Gasteiger partial charge in [0.15, 0.2) is 0 Å². The monoisotopic (exact) mass is 419 g/mol. The van der Waals surface area contributed by atoms with Crippen LogP contribution in [0.3, 0.4) is 0 Å². The lowest BCUT2D eigenvalue weighted by molar-refractivity contribution is 0.0947. The molecule has 0 aromatic heterocycles. The number of ether oxygens (including phenoxy) is 1. The van der Waals surface area contributed by atoms with E-state index in [0.717, 1.165) is 24.3 Å². The maximum atomic E-state index is 12.3. The van der Waals surface area contributed by atoms with E-state index in [1.54, 1.807) is 11.8 Å². The molecule has 156 valence electrons. The zero-order chi connectivity index (χ0) is 21.2. The maximum absolute atomic E-state index is 12.3. The Balaban J connectivity index is 1.39. The number of aryl methyl sites for hydroxylation is 2. The van der Waals surface area contributed by atoms with E-state index in [1.165, 1.54) is 21.6 Å². The van der Waals surface area contributed by atoms with Crippen LogP contribution in [0.25, 0.3) is 0 Å². The van der Waals surface area contributed by atoms with Crippen molar-refractivity contribution in [2.45, 2.75) is 37.3 Å². The summed E-state index contributed by atoms with van der Waals surface area (Å²) in [5, 5.41) is 2.91. The minimum absolute atomic E-state index is 0.0744. The first-order valence-corrected chi connectivity index (χ1v) is 11.4. The molecule has 1 N–H and O–H groups in total. The van der Waals surface area contributed by atoms with Crippen molar-refractivity contribution < 1.29 is 9.53 Å². The molecule has 3 aromatic rings. The number of rotatable bonds is 10. The number of hydrogen-bond acceptors (Lipinski definition) is 3. The van der Waals surface area contributed by atoms with Crippen LogP contribution >= 0.6 is 11.8 Å². The lowest BCUT2D eigenvalue weighted by Gasteiger charge is -2.09. The second-order valence-corrected chi connectivity index (χ2v) is 8.35. The maximum Gasteiger partial charge on any atom is 0.251 e. The van der Waals surface area contributed by atoms with Crippen LogP contribution in [0.5, 0.6) is 5.75 Å². The van der Waals surface area contributed by atoms with Gasteiger partial charge in [-0.05, 0) is 60.9 Å². The second-order valence-electron chi connectivity index (χ2n) is 7.30. The van der Waals surface area contributed by atoms with Crippen LogP contribution in [0.2, 0.25) is 0 Å². The van der Waals surface area contributed by atoms with Crippen molar-refractivity contribution in [1.82, 2.24) is 5.32 Å². The van der Waals surface area contributed by atoms with Gasteiger partial charge in [-0.3, -0.25) is 4.79 Å². The van der Waals surface area contributed by atoms with Gasteiger partial charge in [-0.15, -0.1) is 11.8 Å². The normalized spacial score (nSPS) is 10.6. The molecular weight excluding hydrogens is 390 g/mol. The van der Waals surface area contributed by atoms with E-state index < -0.39 is 0 Å². The molecule has 0 atom stereocenters. The quantitative estimate of drug-likeness (QED) is 0.321. The molecule has 0 radical (unpaired) electrons. The van der Waals surface area contributed by atoms with E-state index in [-0.39, 0.29) is 5.91 Å². The molecular formula is C26H29NO2S. The SMILES string of the molecule is CCCc1ccc(OCCNC(=O)c2ccc(CSc3ccc(C)cc3)cc2)cc1. The summed E-state index contributed by atoms with van der Waals surface area (Å²) in [5.74, 6) is 1.64. The fourth-order valence-corrected chi connectivity index (χ4v) is 3.88. The highest BCUT2D eigenvalue weighted by Crippen LogP contribution is 2.23. The van der Waals surface area contributed by atoms with Gasteiger partial charge in [0.1, 0.15) is 12.4 Å². The van der Waals surface area contributed by atoms with Crippen molar-refractivity contribution in [3.8, 4) is 5.75 Å². The molecule has 0 bridgehead atoms. The third-order valence-electron chi connectivity index (χ3n) is 4.76. The predicted octanol–water partition coefficient (Wildman–Crippen LogP) is 6.05. The van der Waals surface area contributed by atoms with E-state index in [4.69, 9.17) is 4.74 Å². The first-order valence-electron chi connectivity index (χ1n) is 10.4. The summed E-state index contributed by atoms with van der Waals surface area (Å²) in [4.78, 5) is 13.6. The lowest BCUT2D eigenvalue weighted by atomic mass is 10.1. The van der Waals surface area contributed by atoms with Crippen LogP contribution in [0, 0.1) is 6.92 Å².